The Morgan fingerprint density at radius 3 is 2.23 bits per heavy atom. The second-order valence-corrected chi connectivity index (χ2v) is 18.0. The van der Waals surface area contributed by atoms with Gasteiger partial charge in [-0.3, -0.25) is 9.59 Å². The van der Waals surface area contributed by atoms with Crippen LogP contribution in [0.1, 0.15) is 176 Å². The Balaban J connectivity index is 1.14. The highest BCUT2D eigenvalue weighted by atomic mass is 79.9. The largest absolute Gasteiger partial charge is 0.466 e. The number of rotatable bonds is 20. The lowest BCUT2D eigenvalue weighted by atomic mass is 9.47. The summed E-state index contributed by atoms with van der Waals surface area (Å²) in [6, 6.07) is 0. The van der Waals surface area contributed by atoms with Crippen molar-refractivity contribution in [3.63, 3.8) is 0 Å². The monoisotopic (exact) mass is 718 g/mol. The van der Waals surface area contributed by atoms with Gasteiger partial charge < -0.3 is 9.47 Å². The number of hydrogen-bond acceptors (Lipinski definition) is 4. The number of alkyl halides is 1. The van der Waals surface area contributed by atoms with E-state index in [2.05, 4.69) is 56.6 Å². The zero-order valence-corrected chi connectivity index (χ0v) is 32.7. The molecule has 4 aliphatic rings. The Bertz CT molecular complexity index is 1010. The first kappa shape index (κ1) is 39.0. The van der Waals surface area contributed by atoms with Gasteiger partial charge in [-0.15, -0.1) is 0 Å². The number of hydrogen-bond donors (Lipinski definition) is 0. The van der Waals surface area contributed by atoms with Crippen LogP contribution >= 0.6 is 15.9 Å². The van der Waals surface area contributed by atoms with Gasteiger partial charge in [0.15, 0.2) is 0 Å². The number of esters is 2. The van der Waals surface area contributed by atoms with Crippen LogP contribution in [-0.2, 0) is 19.1 Å². The van der Waals surface area contributed by atoms with Crippen LogP contribution in [0, 0.1) is 46.3 Å². The van der Waals surface area contributed by atoms with Crippen LogP contribution in [0.15, 0.2) is 11.6 Å². The molecule has 4 nitrogen and oxygen atoms in total. The number of ether oxygens (including phenoxy) is 2. The van der Waals surface area contributed by atoms with Crippen LogP contribution in [-0.4, -0.2) is 30.0 Å². The number of fused-ring (bicyclic) bond motifs is 5. The van der Waals surface area contributed by atoms with Crippen LogP contribution in [0.3, 0.4) is 0 Å². The normalized spacial score (nSPS) is 32.2. The van der Waals surface area contributed by atoms with Gasteiger partial charge in [-0.25, -0.2) is 0 Å². The number of halogens is 1. The van der Waals surface area contributed by atoms with Gasteiger partial charge in [-0.2, -0.15) is 0 Å². The lowest BCUT2D eigenvalue weighted by Gasteiger charge is -2.58. The molecule has 0 amide bonds. The first-order valence-electron chi connectivity index (χ1n) is 20.2. The molecule has 3 saturated carbocycles. The van der Waals surface area contributed by atoms with Crippen LogP contribution < -0.4 is 0 Å². The predicted octanol–water partition coefficient (Wildman–Crippen LogP) is 12.2. The van der Waals surface area contributed by atoms with Crippen molar-refractivity contribution in [2.45, 2.75) is 182 Å². The number of allylic oxidation sites excluding steroid dienone is 1. The third-order valence-electron chi connectivity index (χ3n) is 13.6. The summed E-state index contributed by atoms with van der Waals surface area (Å²) in [5, 5.41) is 1.11. The molecule has 270 valence electrons. The SMILES string of the molecule is CC(C)CCCC(C)C1CCC2C3CC=C4CC(OC(=O)CCCC(=O)OCCCCCCCCCCBr)CCC4(C)C3CCC12C. The fourth-order valence-electron chi connectivity index (χ4n) is 10.9. The Morgan fingerprint density at radius 2 is 1.51 bits per heavy atom. The number of carbonyl (C=O) groups excluding carboxylic acids is 2. The molecule has 0 aromatic carbocycles. The lowest BCUT2D eigenvalue weighted by molar-refractivity contribution is -0.152. The summed E-state index contributed by atoms with van der Waals surface area (Å²) in [5.74, 6) is 4.73. The zero-order valence-electron chi connectivity index (χ0n) is 31.1. The molecular formula is C42H71BrO4. The van der Waals surface area contributed by atoms with Crippen molar-refractivity contribution < 1.29 is 19.1 Å². The van der Waals surface area contributed by atoms with Crippen molar-refractivity contribution in [1.29, 1.82) is 0 Å². The molecular weight excluding hydrogens is 648 g/mol. The van der Waals surface area contributed by atoms with E-state index in [0.29, 0.717) is 31.3 Å². The summed E-state index contributed by atoms with van der Waals surface area (Å²) in [5.41, 5.74) is 2.36. The van der Waals surface area contributed by atoms with Crippen molar-refractivity contribution >= 4 is 27.9 Å². The van der Waals surface area contributed by atoms with Gasteiger partial charge in [0.25, 0.3) is 0 Å². The van der Waals surface area contributed by atoms with E-state index in [1.54, 1.807) is 5.57 Å². The van der Waals surface area contributed by atoms with E-state index < -0.39 is 0 Å². The Morgan fingerprint density at radius 1 is 0.809 bits per heavy atom. The topological polar surface area (TPSA) is 52.6 Å². The zero-order chi connectivity index (χ0) is 33.9. The summed E-state index contributed by atoms with van der Waals surface area (Å²) < 4.78 is 11.4. The molecule has 0 bridgehead atoms. The highest BCUT2D eigenvalue weighted by Gasteiger charge is 2.59. The van der Waals surface area contributed by atoms with Crippen LogP contribution in [0.5, 0.6) is 0 Å². The summed E-state index contributed by atoms with van der Waals surface area (Å²) >= 11 is 3.49. The van der Waals surface area contributed by atoms with Crippen LogP contribution in [0.4, 0.5) is 0 Å². The summed E-state index contributed by atoms with van der Waals surface area (Å²) in [6.07, 6.45) is 27.5. The maximum Gasteiger partial charge on any atom is 0.306 e. The van der Waals surface area contributed by atoms with Gasteiger partial charge >= 0.3 is 11.9 Å². The van der Waals surface area contributed by atoms with E-state index in [9.17, 15) is 9.59 Å². The number of carbonyl (C=O) groups is 2. The molecule has 5 heteroatoms. The van der Waals surface area contributed by atoms with E-state index in [1.807, 2.05) is 0 Å². The van der Waals surface area contributed by atoms with E-state index in [4.69, 9.17) is 9.47 Å². The Hall–Kier alpha value is -0.840. The molecule has 0 aliphatic heterocycles. The molecule has 0 aromatic rings. The first-order valence-corrected chi connectivity index (χ1v) is 21.3. The minimum absolute atomic E-state index is 0.00821. The minimum Gasteiger partial charge on any atom is -0.466 e. The third kappa shape index (κ3) is 10.6. The first-order chi connectivity index (χ1) is 22.6. The fourth-order valence-corrected chi connectivity index (χ4v) is 11.3. The molecule has 0 spiro atoms. The molecule has 0 radical (unpaired) electrons. The standard InChI is InChI=1S/C42H71BrO4/c1-31(2)16-14-17-32(3)36-22-23-37-35-21-20-33-30-34(24-26-41(33,4)38(35)25-27-42(36,37)5)47-40(45)19-15-18-39(44)46-29-13-11-9-7-6-8-10-12-28-43/h20,31-32,34-38H,6-19,21-30H2,1-5H3. The minimum atomic E-state index is -0.180. The second-order valence-electron chi connectivity index (χ2n) is 17.2. The van der Waals surface area contributed by atoms with Gasteiger partial charge in [0.05, 0.1) is 6.61 Å². The van der Waals surface area contributed by atoms with Gasteiger partial charge in [0.1, 0.15) is 6.10 Å². The molecule has 0 saturated heterocycles. The molecule has 4 rings (SSSR count). The van der Waals surface area contributed by atoms with Gasteiger partial charge in [0.2, 0.25) is 0 Å². The molecule has 4 aliphatic carbocycles. The Labute approximate surface area is 297 Å². The third-order valence-corrected chi connectivity index (χ3v) is 14.2. The average Bonchev–Trinajstić information content (AvgIpc) is 3.39. The van der Waals surface area contributed by atoms with Crippen molar-refractivity contribution in [3.8, 4) is 0 Å². The number of unbranched alkanes of at least 4 members (excludes halogenated alkanes) is 7. The van der Waals surface area contributed by atoms with E-state index in [-0.39, 0.29) is 23.5 Å². The average molecular weight is 720 g/mol. The van der Waals surface area contributed by atoms with E-state index in [0.717, 1.165) is 72.9 Å². The van der Waals surface area contributed by atoms with E-state index >= 15 is 0 Å². The molecule has 8 unspecified atom stereocenters. The smallest absolute Gasteiger partial charge is 0.306 e. The van der Waals surface area contributed by atoms with Crippen molar-refractivity contribution in [2.24, 2.45) is 46.3 Å². The maximum absolute atomic E-state index is 12.8. The molecule has 0 heterocycles. The van der Waals surface area contributed by atoms with Crippen molar-refractivity contribution in [3.05, 3.63) is 11.6 Å². The molecule has 8 atom stereocenters. The molecule has 3 fully saturated rings. The van der Waals surface area contributed by atoms with Gasteiger partial charge in [-0.05, 0) is 111 Å². The highest BCUT2D eigenvalue weighted by Crippen LogP contribution is 2.67. The van der Waals surface area contributed by atoms with Crippen LogP contribution in [0.2, 0.25) is 0 Å². The highest BCUT2D eigenvalue weighted by molar-refractivity contribution is 9.09. The molecule has 0 N–H and O–H groups in total. The van der Waals surface area contributed by atoms with Gasteiger partial charge in [0, 0.05) is 24.6 Å². The van der Waals surface area contributed by atoms with Crippen molar-refractivity contribution in [2.75, 3.05) is 11.9 Å². The molecule has 47 heavy (non-hydrogen) atoms. The summed E-state index contributed by atoms with van der Waals surface area (Å²) in [7, 11) is 0. The van der Waals surface area contributed by atoms with Gasteiger partial charge in [-0.1, -0.05) is 120 Å². The summed E-state index contributed by atoms with van der Waals surface area (Å²) in [4.78, 5) is 24.9. The summed E-state index contributed by atoms with van der Waals surface area (Å²) in [6.45, 7) is 13.0. The van der Waals surface area contributed by atoms with E-state index in [1.165, 1.54) is 89.9 Å². The predicted molar refractivity (Wildman–Crippen MR) is 198 cm³/mol. The lowest BCUT2D eigenvalue weighted by Crippen LogP contribution is -2.51. The van der Waals surface area contributed by atoms with Crippen LogP contribution in [0.25, 0.3) is 0 Å². The molecule has 0 aromatic heterocycles. The maximum atomic E-state index is 12.8. The quantitative estimate of drug-likeness (QED) is 0.0544. The van der Waals surface area contributed by atoms with Crippen molar-refractivity contribution in [1.82, 2.24) is 0 Å². The Kier molecular flexibility index (Phi) is 15.7. The second kappa shape index (κ2) is 19.0. The fraction of sp³-hybridized carbons (Fsp3) is 0.905.